The Balaban J connectivity index is 3.29. The first kappa shape index (κ1) is 15.2. The number of halogens is 3. The number of carbonyl (C=O) groups is 1. The minimum absolute atomic E-state index is 0.00602. The predicted molar refractivity (Wildman–Crippen MR) is 63.3 cm³/mol. The molecule has 0 aliphatic heterocycles. The van der Waals surface area contributed by atoms with Crippen molar-refractivity contribution in [1.82, 2.24) is 0 Å². The van der Waals surface area contributed by atoms with Gasteiger partial charge in [0.1, 0.15) is 11.8 Å². The number of rotatable bonds is 5. The lowest BCUT2D eigenvalue weighted by atomic mass is 10.0. The van der Waals surface area contributed by atoms with Crippen LogP contribution < -0.4 is 4.74 Å². The third kappa shape index (κ3) is 3.80. The van der Waals surface area contributed by atoms with E-state index in [4.69, 9.17) is 21.6 Å². The maximum absolute atomic E-state index is 12.2. The summed E-state index contributed by atoms with van der Waals surface area (Å²) < 4.78 is 33.4. The summed E-state index contributed by atoms with van der Waals surface area (Å²) in [6.07, 6.45) is 0. The average molecular weight is 290 g/mol. The molecule has 0 saturated heterocycles. The molecule has 0 spiro atoms. The van der Waals surface area contributed by atoms with Gasteiger partial charge in [-0.1, -0.05) is 0 Å². The van der Waals surface area contributed by atoms with Gasteiger partial charge in [0.05, 0.1) is 17.7 Å². The first-order valence-corrected chi connectivity index (χ1v) is 5.81. The van der Waals surface area contributed by atoms with Gasteiger partial charge >= 0.3 is 12.6 Å². The number of carbonyl (C=O) groups excluding carboxylic acids is 1. The summed E-state index contributed by atoms with van der Waals surface area (Å²) in [6.45, 7) is -1.35. The van der Waals surface area contributed by atoms with Crippen LogP contribution in [-0.2, 0) is 10.6 Å². The number of hydrogen-bond donors (Lipinski definition) is 0. The smallest absolute Gasteiger partial charge is 0.387 e. The van der Waals surface area contributed by atoms with E-state index in [1.165, 1.54) is 6.07 Å². The lowest BCUT2D eigenvalue weighted by molar-refractivity contribution is -0.0501. The molecule has 0 saturated carbocycles. The van der Waals surface area contributed by atoms with E-state index in [0.29, 0.717) is 5.56 Å². The van der Waals surface area contributed by atoms with Crippen molar-refractivity contribution in [3.63, 3.8) is 0 Å². The van der Waals surface area contributed by atoms with E-state index in [9.17, 15) is 13.6 Å². The van der Waals surface area contributed by atoms with Crippen molar-refractivity contribution in [2.45, 2.75) is 19.4 Å². The van der Waals surface area contributed by atoms with Crippen molar-refractivity contribution < 1.29 is 23.0 Å². The van der Waals surface area contributed by atoms with Crippen LogP contribution in [0.5, 0.6) is 5.75 Å². The van der Waals surface area contributed by atoms with E-state index < -0.39 is 12.6 Å². The number of nitrogens with zero attached hydrogens (tertiary/aromatic N) is 1. The SMILES string of the molecule is CCOC(=O)c1cc(OC(F)F)c(C#N)cc1CCl. The average Bonchev–Trinajstić information content (AvgIpc) is 2.37. The number of alkyl halides is 3. The zero-order valence-corrected chi connectivity index (χ0v) is 10.7. The Morgan fingerprint density at radius 2 is 2.21 bits per heavy atom. The molecule has 1 aromatic rings. The zero-order chi connectivity index (χ0) is 14.4. The van der Waals surface area contributed by atoms with Crippen molar-refractivity contribution in [3.05, 3.63) is 28.8 Å². The topological polar surface area (TPSA) is 59.3 Å². The van der Waals surface area contributed by atoms with E-state index in [-0.39, 0.29) is 29.4 Å². The first-order chi connectivity index (χ1) is 9.03. The normalized spacial score (nSPS) is 10.1. The molecule has 0 heterocycles. The van der Waals surface area contributed by atoms with Crippen LogP contribution in [0.3, 0.4) is 0 Å². The summed E-state index contributed by atoms with van der Waals surface area (Å²) in [7, 11) is 0. The number of benzene rings is 1. The number of nitriles is 1. The molecule has 102 valence electrons. The van der Waals surface area contributed by atoms with Gasteiger partial charge in [-0.15, -0.1) is 11.6 Å². The van der Waals surface area contributed by atoms with E-state index >= 15 is 0 Å². The second kappa shape index (κ2) is 6.90. The molecule has 1 aromatic carbocycles. The van der Waals surface area contributed by atoms with Gasteiger partial charge in [0, 0.05) is 5.88 Å². The summed E-state index contributed by atoms with van der Waals surface area (Å²) in [6, 6.07) is 3.98. The Hall–Kier alpha value is -1.87. The van der Waals surface area contributed by atoms with Crippen molar-refractivity contribution >= 4 is 17.6 Å². The van der Waals surface area contributed by atoms with Crippen molar-refractivity contribution in [2.24, 2.45) is 0 Å². The highest BCUT2D eigenvalue weighted by Crippen LogP contribution is 2.26. The summed E-state index contributed by atoms with van der Waals surface area (Å²) in [5, 5.41) is 8.85. The maximum atomic E-state index is 12.2. The minimum Gasteiger partial charge on any atom is -0.462 e. The quantitative estimate of drug-likeness (QED) is 0.617. The summed E-state index contributed by atoms with van der Waals surface area (Å²) in [5.74, 6) is -1.14. The van der Waals surface area contributed by atoms with Gasteiger partial charge in [-0.05, 0) is 24.6 Å². The molecular formula is C12H10ClF2NO3. The van der Waals surface area contributed by atoms with Crippen LogP contribution in [0.4, 0.5) is 8.78 Å². The van der Waals surface area contributed by atoms with Gasteiger partial charge in [-0.25, -0.2) is 4.79 Å². The molecule has 4 nitrogen and oxygen atoms in total. The van der Waals surface area contributed by atoms with Crippen LogP contribution in [0.15, 0.2) is 12.1 Å². The molecule has 0 atom stereocenters. The van der Waals surface area contributed by atoms with E-state index in [1.807, 2.05) is 0 Å². The summed E-state index contributed by atoms with van der Waals surface area (Å²) >= 11 is 5.66. The molecule has 0 amide bonds. The Kier molecular flexibility index (Phi) is 5.52. The van der Waals surface area contributed by atoms with Gasteiger partial charge in [0.25, 0.3) is 0 Å². The third-order valence-corrected chi connectivity index (χ3v) is 2.47. The molecule has 0 N–H and O–H groups in total. The molecular weight excluding hydrogens is 280 g/mol. The molecule has 1 rings (SSSR count). The predicted octanol–water partition coefficient (Wildman–Crippen LogP) is 3.08. The van der Waals surface area contributed by atoms with Crippen LogP contribution in [0.25, 0.3) is 0 Å². The summed E-state index contributed by atoms with van der Waals surface area (Å²) in [5.41, 5.74) is 0.203. The molecule has 19 heavy (non-hydrogen) atoms. The first-order valence-electron chi connectivity index (χ1n) is 5.28. The second-order valence-corrected chi connectivity index (χ2v) is 3.62. The lowest BCUT2D eigenvalue weighted by Crippen LogP contribution is -2.10. The van der Waals surface area contributed by atoms with Crippen LogP contribution in [-0.4, -0.2) is 19.2 Å². The Labute approximate surface area is 113 Å². The van der Waals surface area contributed by atoms with Crippen molar-refractivity contribution in [3.8, 4) is 11.8 Å². The Morgan fingerprint density at radius 1 is 1.53 bits per heavy atom. The zero-order valence-electron chi connectivity index (χ0n) is 9.95. The van der Waals surface area contributed by atoms with Crippen LogP contribution >= 0.6 is 11.6 Å². The molecule has 0 fully saturated rings. The largest absolute Gasteiger partial charge is 0.462 e. The van der Waals surface area contributed by atoms with Crippen LogP contribution in [0.2, 0.25) is 0 Å². The molecule has 0 aromatic heterocycles. The molecule has 0 unspecified atom stereocenters. The molecule has 7 heteroatoms. The van der Waals surface area contributed by atoms with Gasteiger partial charge in [-0.3, -0.25) is 0 Å². The van der Waals surface area contributed by atoms with Gasteiger partial charge in [-0.2, -0.15) is 14.0 Å². The fourth-order valence-electron chi connectivity index (χ4n) is 1.41. The Bertz CT molecular complexity index is 514. The van der Waals surface area contributed by atoms with Crippen molar-refractivity contribution in [2.75, 3.05) is 6.61 Å². The lowest BCUT2D eigenvalue weighted by Gasteiger charge is -2.11. The number of hydrogen-bond acceptors (Lipinski definition) is 4. The standard InChI is InChI=1S/C12H10ClF2NO3/c1-2-18-11(17)9-4-10(19-12(14)15)8(6-16)3-7(9)5-13/h3-4,12H,2,5H2,1H3. The number of esters is 1. The third-order valence-electron chi connectivity index (χ3n) is 2.18. The highest BCUT2D eigenvalue weighted by atomic mass is 35.5. The van der Waals surface area contributed by atoms with Gasteiger partial charge in [0.15, 0.2) is 0 Å². The molecule has 0 bridgehead atoms. The molecule has 0 radical (unpaired) electrons. The van der Waals surface area contributed by atoms with E-state index in [1.54, 1.807) is 13.0 Å². The fraction of sp³-hybridized carbons (Fsp3) is 0.333. The molecule has 0 aliphatic rings. The highest BCUT2D eigenvalue weighted by Gasteiger charge is 2.18. The Morgan fingerprint density at radius 3 is 2.68 bits per heavy atom. The van der Waals surface area contributed by atoms with Crippen LogP contribution in [0, 0.1) is 11.3 Å². The van der Waals surface area contributed by atoms with Crippen molar-refractivity contribution in [1.29, 1.82) is 5.26 Å². The fourth-order valence-corrected chi connectivity index (χ4v) is 1.64. The van der Waals surface area contributed by atoms with Gasteiger partial charge in [0.2, 0.25) is 0 Å². The van der Waals surface area contributed by atoms with E-state index in [2.05, 4.69) is 4.74 Å². The highest BCUT2D eigenvalue weighted by molar-refractivity contribution is 6.17. The molecule has 0 aliphatic carbocycles. The maximum Gasteiger partial charge on any atom is 0.387 e. The van der Waals surface area contributed by atoms with E-state index in [0.717, 1.165) is 6.07 Å². The number of ether oxygens (including phenoxy) is 2. The summed E-state index contributed by atoms with van der Waals surface area (Å²) in [4.78, 5) is 11.7. The van der Waals surface area contributed by atoms with Crippen LogP contribution in [0.1, 0.15) is 28.4 Å². The monoisotopic (exact) mass is 289 g/mol. The van der Waals surface area contributed by atoms with Gasteiger partial charge < -0.3 is 9.47 Å². The minimum atomic E-state index is -3.09. The second-order valence-electron chi connectivity index (χ2n) is 3.35.